The van der Waals surface area contributed by atoms with Crippen molar-refractivity contribution in [3.63, 3.8) is 0 Å². The normalized spacial score (nSPS) is 25.1. The molecule has 2 fully saturated rings. The van der Waals surface area contributed by atoms with Gasteiger partial charge in [-0.3, -0.25) is 0 Å². The Kier molecular flexibility index (Phi) is 5.34. The number of rotatable bonds is 8. The molecule has 2 saturated carbocycles. The average molecular weight is 238 g/mol. The lowest BCUT2D eigenvalue weighted by molar-refractivity contribution is -0.103. The number of hydrogen-bond donors (Lipinski definition) is 0. The summed E-state index contributed by atoms with van der Waals surface area (Å²) < 4.78 is 6.54. The summed E-state index contributed by atoms with van der Waals surface area (Å²) in [5.41, 5.74) is 0. The number of hydrogen-bond acceptors (Lipinski definition) is 1. The van der Waals surface area contributed by atoms with Crippen molar-refractivity contribution in [2.45, 2.75) is 90.3 Å². The topological polar surface area (TPSA) is 9.23 Å². The van der Waals surface area contributed by atoms with Crippen LogP contribution in [-0.4, -0.2) is 12.2 Å². The van der Waals surface area contributed by atoms with E-state index in [4.69, 9.17) is 4.74 Å². The molecule has 100 valence electrons. The molecular formula is C16H30O. The van der Waals surface area contributed by atoms with Crippen molar-refractivity contribution in [1.82, 2.24) is 0 Å². The van der Waals surface area contributed by atoms with Gasteiger partial charge in [-0.05, 0) is 50.4 Å². The summed E-state index contributed by atoms with van der Waals surface area (Å²) in [6, 6.07) is 0. The SMILES string of the molecule is CCCC(OC(CCC)C1CCC1)C1CCC1. The fraction of sp³-hybridized carbons (Fsp3) is 1.00. The third-order valence-electron chi connectivity index (χ3n) is 4.85. The van der Waals surface area contributed by atoms with E-state index in [1.54, 1.807) is 0 Å². The maximum Gasteiger partial charge on any atom is 0.0607 e. The largest absolute Gasteiger partial charge is 0.374 e. The lowest BCUT2D eigenvalue weighted by Gasteiger charge is -2.40. The molecule has 0 saturated heterocycles. The highest BCUT2D eigenvalue weighted by molar-refractivity contribution is 4.83. The van der Waals surface area contributed by atoms with Gasteiger partial charge in [0.2, 0.25) is 0 Å². The van der Waals surface area contributed by atoms with Crippen molar-refractivity contribution in [2.75, 3.05) is 0 Å². The van der Waals surface area contributed by atoms with Gasteiger partial charge in [-0.1, -0.05) is 39.5 Å². The van der Waals surface area contributed by atoms with Crippen LogP contribution in [-0.2, 0) is 4.74 Å². The van der Waals surface area contributed by atoms with Gasteiger partial charge in [-0.15, -0.1) is 0 Å². The molecule has 0 aromatic carbocycles. The number of ether oxygens (including phenoxy) is 1. The first-order chi connectivity index (χ1) is 8.35. The molecule has 2 aliphatic carbocycles. The molecular weight excluding hydrogens is 208 g/mol. The zero-order valence-corrected chi connectivity index (χ0v) is 11.8. The van der Waals surface area contributed by atoms with Gasteiger partial charge in [0.15, 0.2) is 0 Å². The van der Waals surface area contributed by atoms with E-state index < -0.39 is 0 Å². The highest BCUT2D eigenvalue weighted by atomic mass is 16.5. The van der Waals surface area contributed by atoms with E-state index in [1.165, 1.54) is 64.2 Å². The van der Waals surface area contributed by atoms with Gasteiger partial charge in [0, 0.05) is 0 Å². The lowest BCUT2D eigenvalue weighted by atomic mass is 9.77. The van der Waals surface area contributed by atoms with E-state index in [0.29, 0.717) is 12.2 Å². The molecule has 0 heterocycles. The van der Waals surface area contributed by atoms with Gasteiger partial charge >= 0.3 is 0 Å². The Hall–Kier alpha value is -0.0400. The summed E-state index contributed by atoms with van der Waals surface area (Å²) in [5.74, 6) is 1.80. The van der Waals surface area contributed by atoms with Crippen LogP contribution in [0.3, 0.4) is 0 Å². The van der Waals surface area contributed by atoms with Crippen molar-refractivity contribution in [3.8, 4) is 0 Å². The van der Waals surface area contributed by atoms with Gasteiger partial charge in [0.25, 0.3) is 0 Å². The lowest BCUT2D eigenvalue weighted by Crippen LogP contribution is -2.38. The van der Waals surface area contributed by atoms with Gasteiger partial charge in [-0.2, -0.15) is 0 Å². The van der Waals surface area contributed by atoms with Gasteiger partial charge in [0.05, 0.1) is 12.2 Å². The Balaban J connectivity index is 1.83. The smallest absolute Gasteiger partial charge is 0.0607 e. The molecule has 2 atom stereocenters. The van der Waals surface area contributed by atoms with E-state index in [2.05, 4.69) is 13.8 Å². The van der Waals surface area contributed by atoms with Crippen molar-refractivity contribution in [2.24, 2.45) is 11.8 Å². The molecule has 1 heteroatoms. The Bertz CT molecular complexity index is 184. The molecule has 0 spiro atoms. The van der Waals surface area contributed by atoms with Crippen LogP contribution in [0.2, 0.25) is 0 Å². The Morgan fingerprint density at radius 3 is 1.47 bits per heavy atom. The van der Waals surface area contributed by atoms with Gasteiger partial charge < -0.3 is 4.74 Å². The highest BCUT2D eigenvalue weighted by Gasteiger charge is 2.33. The van der Waals surface area contributed by atoms with Crippen LogP contribution >= 0.6 is 0 Å². The zero-order valence-electron chi connectivity index (χ0n) is 11.8. The minimum absolute atomic E-state index is 0.589. The first-order valence-electron chi connectivity index (χ1n) is 8.00. The molecule has 0 amide bonds. The van der Waals surface area contributed by atoms with E-state index >= 15 is 0 Å². The second-order valence-corrected chi connectivity index (χ2v) is 6.17. The fourth-order valence-electron chi connectivity index (χ4n) is 3.25. The minimum atomic E-state index is 0.589. The van der Waals surface area contributed by atoms with Crippen molar-refractivity contribution in [1.29, 1.82) is 0 Å². The van der Waals surface area contributed by atoms with Crippen molar-refractivity contribution in [3.05, 3.63) is 0 Å². The van der Waals surface area contributed by atoms with Gasteiger partial charge in [0.1, 0.15) is 0 Å². The van der Waals surface area contributed by atoms with Crippen molar-refractivity contribution < 1.29 is 4.74 Å². The van der Waals surface area contributed by atoms with Gasteiger partial charge in [-0.25, -0.2) is 0 Å². The molecule has 2 rings (SSSR count). The Morgan fingerprint density at radius 1 is 0.824 bits per heavy atom. The summed E-state index contributed by atoms with van der Waals surface area (Å²) in [7, 11) is 0. The summed E-state index contributed by atoms with van der Waals surface area (Å²) in [6.45, 7) is 4.60. The third kappa shape index (κ3) is 3.47. The molecule has 2 unspecified atom stereocenters. The maximum atomic E-state index is 6.54. The van der Waals surface area contributed by atoms with Crippen LogP contribution in [0.15, 0.2) is 0 Å². The predicted molar refractivity (Wildman–Crippen MR) is 73.2 cm³/mol. The summed E-state index contributed by atoms with van der Waals surface area (Å²) in [4.78, 5) is 0. The van der Waals surface area contributed by atoms with E-state index in [0.717, 1.165) is 11.8 Å². The molecule has 0 aromatic heterocycles. The molecule has 0 aliphatic heterocycles. The fourth-order valence-corrected chi connectivity index (χ4v) is 3.25. The standard InChI is InChI=1S/C16H30O/c1-3-7-15(13-9-5-10-13)17-16(8-4-2)14-11-6-12-14/h13-16H,3-12H2,1-2H3. The van der Waals surface area contributed by atoms with E-state index in [1.807, 2.05) is 0 Å². The van der Waals surface area contributed by atoms with Crippen LogP contribution in [0.4, 0.5) is 0 Å². The van der Waals surface area contributed by atoms with Crippen LogP contribution in [0.1, 0.15) is 78.1 Å². The van der Waals surface area contributed by atoms with Crippen LogP contribution in [0.5, 0.6) is 0 Å². The molecule has 0 radical (unpaired) electrons. The summed E-state index contributed by atoms with van der Waals surface area (Å²) >= 11 is 0. The first kappa shape index (κ1) is 13.4. The molecule has 1 nitrogen and oxygen atoms in total. The average Bonchev–Trinajstić information content (AvgIpc) is 2.12. The summed E-state index contributed by atoms with van der Waals surface area (Å²) in [6.07, 6.45) is 14.9. The van der Waals surface area contributed by atoms with E-state index in [-0.39, 0.29) is 0 Å². The van der Waals surface area contributed by atoms with E-state index in [9.17, 15) is 0 Å². The Morgan fingerprint density at radius 2 is 1.24 bits per heavy atom. The second kappa shape index (κ2) is 6.78. The second-order valence-electron chi connectivity index (χ2n) is 6.17. The predicted octanol–water partition coefficient (Wildman–Crippen LogP) is 4.94. The van der Waals surface area contributed by atoms with Crippen LogP contribution in [0, 0.1) is 11.8 Å². The van der Waals surface area contributed by atoms with Crippen LogP contribution in [0.25, 0.3) is 0 Å². The molecule has 0 aromatic rings. The molecule has 0 bridgehead atoms. The minimum Gasteiger partial charge on any atom is -0.374 e. The molecule has 17 heavy (non-hydrogen) atoms. The molecule has 2 aliphatic rings. The Labute approximate surface area is 107 Å². The third-order valence-corrected chi connectivity index (χ3v) is 4.85. The summed E-state index contributed by atoms with van der Waals surface area (Å²) in [5, 5.41) is 0. The zero-order chi connectivity index (χ0) is 12.1. The quantitative estimate of drug-likeness (QED) is 0.582. The monoisotopic (exact) mass is 238 g/mol. The highest BCUT2D eigenvalue weighted by Crippen LogP contribution is 2.38. The van der Waals surface area contributed by atoms with Crippen LogP contribution < -0.4 is 0 Å². The van der Waals surface area contributed by atoms with Crippen molar-refractivity contribution >= 4 is 0 Å². The first-order valence-corrected chi connectivity index (χ1v) is 8.00. The maximum absolute atomic E-state index is 6.54. The molecule has 0 N–H and O–H groups in total.